The highest BCUT2D eigenvalue weighted by Gasteiger charge is 2.30. The van der Waals surface area contributed by atoms with Gasteiger partial charge < -0.3 is 37.0 Å². The molecule has 29 heavy (non-hydrogen) atoms. The van der Waals surface area contributed by atoms with E-state index in [1.54, 1.807) is 0 Å². The Labute approximate surface area is 174 Å². The predicted molar refractivity (Wildman–Crippen MR) is 108 cm³/mol. The van der Waals surface area contributed by atoms with E-state index in [2.05, 4.69) is 10.6 Å². The van der Waals surface area contributed by atoms with Gasteiger partial charge in [-0.15, -0.1) is 0 Å². The van der Waals surface area contributed by atoms with Crippen LogP contribution >= 0.6 is 11.8 Å². The summed E-state index contributed by atoms with van der Waals surface area (Å²) in [6.45, 7) is 2.03. The summed E-state index contributed by atoms with van der Waals surface area (Å²) in [6, 6.07) is -4.80. The van der Waals surface area contributed by atoms with Gasteiger partial charge in [0.2, 0.25) is 17.7 Å². The lowest BCUT2D eigenvalue weighted by atomic mass is 10.0. The van der Waals surface area contributed by atoms with Gasteiger partial charge in [0.25, 0.3) is 0 Å². The molecule has 4 unspecified atom stereocenters. The van der Waals surface area contributed by atoms with Gasteiger partial charge in [-0.1, -0.05) is 13.8 Å². The van der Waals surface area contributed by atoms with E-state index in [9.17, 15) is 24.3 Å². The van der Waals surface area contributed by atoms with Crippen molar-refractivity contribution in [2.75, 3.05) is 25.2 Å². The Balaban J connectivity index is 5.10. The van der Waals surface area contributed by atoms with Crippen LogP contribution in [0.3, 0.4) is 0 Å². The fourth-order valence-corrected chi connectivity index (χ4v) is 2.77. The van der Waals surface area contributed by atoms with E-state index in [0.29, 0.717) is 12.2 Å². The molecule has 0 fully saturated rings. The number of aliphatic hydroxyl groups excluding tert-OH is 2. The standard InChI is InChI=1S/C17H32N4O7S/c1-9(2)6-11(19-14(24)10(18)4-5-29-3)15(25)20-12(7-22)16(26)21-13(8-23)17(27)28/h9-13,22-23H,4-8,18H2,1-3H3,(H,19,24)(H,20,25)(H,21,26)(H,27,28). The number of aliphatic hydroxyl groups is 2. The molecule has 0 aromatic carbocycles. The summed E-state index contributed by atoms with van der Waals surface area (Å²) < 4.78 is 0. The van der Waals surface area contributed by atoms with Crippen LogP contribution in [0.15, 0.2) is 0 Å². The van der Waals surface area contributed by atoms with Gasteiger partial charge in [0, 0.05) is 0 Å². The molecule has 0 saturated carbocycles. The number of amides is 3. The van der Waals surface area contributed by atoms with Crippen molar-refractivity contribution >= 4 is 35.5 Å². The van der Waals surface area contributed by atoms with Crippen molar-refractivity contribution in [1.82, 2.24) is 16.0 Å². The van der Waals surface area contributed by atoms with Crippen molar-refractivity contribution in [1.29, 1.82) is 0 Å². The molecule has 3 amide bonds. The van der Waals surface area contributed by atoms with E-state index < -0.39 is 61.1 Å². The highest BCUT2D eigenvalue weighted by molar-refractivity contribution is 7.98. The van der Waals surface area contributed by atoms with Crippen LogP contribution in [0.1, 0.15) is 26.7 Å². The molecule has 4 atom stereocenters. The SMILES string of the molecule is CSCCC(N)C(=O)NC(CC(C)C)C(=O)NC(CO)C(=O)NC(CO)C(=O)O. The maximum absolute atomic E-state index is 12.6. The molecule has 0 aromatic heterocycles. The number of hydrogen-bond acceptors (Lipinski definition) is 8. The molecule has 0 heterocycles. The van der Waals surface area contributed by atoms with E-state index >= 15 is 0 Å². The molecular weight excluding hydrogens is 404 g/mol. The van der Waals surface area contributed by atoms with Crippen molar-refractivity contribution in [2.24, 2.45) is 11.7 Å². The van der Waals surface area contributed by atoms with E-state index in [4.69, 9.17) is 15.9 Å². The normalized spacial score (nSPS) is 15.1. The Bertz CT molecular complexity index is 562. The van der Waals surface area contributed by atoms with Crippen molar-refractivity contribution in [3.05, 3.63) is 0 Å². The Morgan fingerprint density at radius 1 is 0.897 bits per heavy atom. The molecule has 168 valence electrons. The first-order valence-corrected chi connectivity index (χ1v) is 10.6. The van der Waals surface area contributed by atoms with Gasteiger partial charge in [-0.2, -0.15) is 11.8 Å². The number of hydrogen-bond donors (Lipinski definition) is 7. The van der Waals surface area contributed by atoms with Crippen molar-refractivity contribution in [2.45, 2.75) is 50.9 Å². The van der Waals surface area contributed by atoms with Crippen molar-refractivity contribution < 1.29 is 34.5 Å². The number of rotatable bonds is 14. The van der Waals surface area contributed by atoms with E-state index in [-0.39, 0.29) is 12.3 Å². The summed E-state index contributed by atoms with van der Waals surface area (Å²) in [4.78, 5) is 47.8. The molecule has 0 rings (SSSR count). The average Bonchev–Trinajstić information content (AvgIpc) is 2.66. The van der Waals surface area contributed by atoms with Gasteiger partial charge in [0.15, 0.2) is 0 Å². The van der Waals surface area contributed by atoms with Gasteiger partial charge in [-0.05, 0) is 30.8 Å². The zero-order valence-electron chi connectivity index (χ0n) is 16.9. The van der Waals surface area contributed by atoms with Gasteiger partial charge in [0.1, 0.15) is 18.1 Å². The summed E-state index contributed by atoms with van der Waals surface area (Å²) in [5.74, 6) is -2.95. The van der Waals surface area contributed by atoms with Crippen molar-refractivity contribution in [3.63, 3.8) is 0 Å². The van der Waals surface area contributed by atoms with E-state index in [0.717, 1.165) is 0 Å². The number of nitrogens with two attached hydrogens (primary N) is 1. The molecule has 11 nitrogen and oxygen atoms in total. The summed E-state index contributed by atoms with van der Waals surface area (Å²) >= 11 is 1.54. The smallest absolute Gasteiger partial charge is 0.328 e. The highest BCUT2D eigenvalue weighted by atomic mass is 32.2. The number of thioether (sulfide) groups is 1. The summed E-state index contributed by atoms with van der Waals surface area (Å²) in [7, 11) is 0. The molecular formula is C17H32N4O7S. The van der Waals surface area contributed by atoms with Crippen LogP contribution in [0.2, 0.25) is 0 Å². The molecule has 0 aliphatic heterocycles. The number of aliphatic carboxylic acids is 1. The molecule has 0 radical (unpaired) electrons. The second kappa shape index (κ2) is 14.1. The highest BCUT2D eigenvalue weighted by Crippen LogP contribution is 2.07. The van der Waals surface area contributed by atoms with Crippen molar-refractivity contribution in [3.8, 4) is 0 Å². The zero-order valence-corrected chi connectivity index (χ0v) is 17.7. The Morgan fingerprint density at radius 3 is 1.83 bits per heavy atom. The summed E-state index contributed by atoms with van der Waals surface area (Å²) in [5, 5.41) is 34.1. The van der Waals surface area contributed by atoms with E-state index in [1.807, 2.05) is 25.4 Å². The first-order valence-electron chi connectivity index (χ1n) is 9.17. The molecule has 0 aliphatic carbocycles. The van der Waals surface area contributed by atoms with Crippen LogP contribution in [0.5, 0.6) is 0 Å². The largest absolute Gasteiger partial charge is 0.480 e. The number of carboxylic acid groups (broad SMARTS) is 1. The second-order valence-corrected chi connectivity index (χ2v) is 7.89. The number of carbonyl (C=O) groups excluding carboxylic acids is 3. The Morgan fingerprint density at radius 2 is 1.38 bits per heavy atom. The lowest BCUT2D eigenvalue weighted by Crippen LogP contribution is -2.58. The third kappa shape index (κ3) is 10.5. The first-order chi connectivity index (χ1) is 13.6. The zero-order chi connectivity index (χ0) is 22.6. The minimum absolute atomic E-state index is 0.0284. The topological polar surface area (TPSA) is 191 Å². The summed E-state index contributed by atoms with van der Waals surface area (Å²) in [5.41, 5.74) is 5.82. The van der Waals surface area contributed by atoms with Crippen LogP contribution in [0.4, 0.5) is 0 Å². The monoisotopic (exact) mass is 436 g/mol. The van der Waals surface area contributed by atoms with Gasteiger partial charge in [0.05, 0.1) is 19.3 Å². The lowest BCUT2D eigenvalue weighted by Gasteiger charge is -2.25. The number of carbonyl (C=O) groups is 4. The third-order valence-electron chi connectivity index (χ3n) is 3.92. The molecule has 8 N–H and O–H groups in total. The molecule has 0 aromatic rings. The van der Waals surface area contributed by atoms with Gasteiger partial charge in [-0.3, -0.25) is 14.4 Å². The minimum atomic E-state index is -1.57. The van der Waals surface area contributed by atoms with E-state index in [1.165, 1.54) is 11.8 Å². The van der Waals surface area contributed by atoms with Gasteiger partial charge >= 0.3 is 5.97 Å². The molecule has 0 spiro atoms. The number of carboxylic acids is 1. The summed E-state index contributed by atoms with van der Waals surface area (Å²) in [6.07, 6.45) is 2.58. The second-order valence-electron chi connectivity index (χ2n) is 6.90. The third-order valence-corrected chi connectivity index (χ3v) is 4.57. The molecule has 0 bridgehead atoms. The Kier molecular flexibility index (Phi) is 13.2. The molecule has 0 saturated heterocycles. The maximum atomic E-state index is 12.6. The Hall–Kier alpha value is -1.89. The fraction of sp³-hybridized carbons (Fsp3) is 0.765. The van der Waals surface area contributed by atoms with Gasteiger partial charge in [-0.25, -0.2) is 4.79 Å². The quantitative estimate of drug-likeness (QED) is 0.156. The number of nitrogens with one attached hydrogen (secondary N) is 3. The lowest BCUT2D eigenvalue weighted by molar-refractivity contribution is -0.143. The first kappa shape index (κ1) is 27.1. The van der Waals surface area contributed by atoms with Crippen LogP contribution < -0.4 is 21.7 Å². The minimum Gasteiger partial charge on any atom is -0.480 e. The van der Waals surface area contributed by atoms with Crippen LogP contribution in [-0.4, -0.2) is 88.4 Å². The predicted octanol–water partition coefficient (Wildman–Crippen LogP) is -2.36. The molecule has 0 aliphatic rings. The van der Waals surface area contributed by atoms with Crippen LogP contribution in [0.25, 0.3) is 0 Å². The maximum Gasteiger partial charge on any atom is 0.328 e. The van der Waals surface area contributed by atoms with Crippen LogP contribution in [0, 0.1) is 5.92 Å². The van der Waals surface area contributed by atoms with Crippen LogP contribution in [-0.2, 0) is 19.2 Å². The average molecular weight is 437 g/mol. The molecule has 12 heteroatoms. The fourth-order valence-electron chi connectivity index (χ4n) is 2.28.